The van der Waals surface area contributed by atoms with Crippen molar-refractivity contribution < 1.29 is 19.1 Å². The highest BCUT2D eigenvalue weighted by Gasteiger charge is 2.14. The molecule has 1 aromatic carbocycles. The van der Waals surface area contributed by atoms with Crippen molar-refractivity contribution >= 4 is 17.6 Å². The molecule has 2 rings (SSSR count). The third-order valence-corrected chi connectivity index (χ3v) is 3.94. The molecule has 0 aliphatic carbocycles. The van der Waals surface area contributed by atoms with Gasteiger partial charge < -0.3 is 20.1 Å². The van der Waals surface area contributed by atoms with E-state index >= 15 is 0 Å². The van der Waals surface area contributed by atoms with E-state index in [0.717, 1.165) is 32.4 Å². The van der Waals surface area contributed by atoms with Gasteiger partial charge in [-0.2, -0.15) is 0 Å². The first kappa shape index (κ1) is 17.3. The first-order valence-corrected chi connectivity index (χ1v) is 7.97. The van der Waals surface area contributed by atoms with E-state index in [9.17, 15) is 9.59 Å². The fraction of sp³-hybridized carbons (Fsp3) is 0.529. The number of rotatable bonds is 7. The molecule has 0 spiro atoms. The summed E-state index contributed by atoms with van der Waals surface area (Å²) in [7, 11) is 1.31. The summed E-state index contributed by atoms with van der Waals surface area (Å²) in [6.07, 6.45) is 3.73. The van der Waals surface area contributed by atoms with Crippen molar-refractivity contribution in [2.45, 2.75) is 25.7 Å². The van der Waals surface area contributed by atoms with Gasteiger partial charge in [0.25, 0.3) is 0 Å². The lowest BCUT2D eigenvalue weighted by Gasteiger charge is -2.22. The maximum absolute atomic E-state index is 12.0. The molecule has 0 saturated carbocycles. The second kappa shape index (κ2) is 9.15. The lowest BCUT2D eigenvalue weighted by atomic mass is 9.93. The van der Waals surface area contributed by atoms with E-state index in [1.807, 2.05) is 0 Å². The average Bonchev–Trinajstić information content (AvgIpc) is 2.59. The highest BCUT2D eigenvalue weighted by atomic mass is 16.6. The number of amides is 1. The first-order chi connectivity index (χ1) is 11.2. The van der Waals surface area contributed by atoms with Crippen molar-refractivity contribution in [1.82, 2.24) is 5.32 Å². The Morgan fingerprint density at radius 1 is 1.30 bits per heavy atom. The summed E-state index contributed by atoms with van der Waals surface area (Å²) >= 11 is 0. The zero-order valence-electron chi connectivity index (χ0n) is 13.5. The Hall–Kier alpha value is -2.08. The van der Waals surface area contributed by atoms with Gasteiger partial charge in [-0.15, -0.1) is 0 Å². The van der Waals surface area contributed by atoms with E-state index in [-0.39, 0.29) is 12.5 Å². The van der Waals surface area contributed by atoms with Crippen LogP contribution in [0.5, 0.6) is 5.75 Å². The van der Waals surface area contributed by atoms with Gasteiger partial charge in [-0.05, 0) is 50.4 Å². The summed E-state index contributed by atoms with van der Waals surface area (Å²) in [5, 5.41) is 6.20. The van der Waals surface area contributed by atoms with E-state index in [1.165, 1.54) is 7.11 Å². The van der Waals surface area contributed by atoms with Gasteiger partial charge in [0.1, 0.15) is 5.75 Å². The van der Waals surface area contributed by atoms with Crippen molar-refractivity contribution in [2.24, 2.45) is 5.92 Å². The smallest absolute Gasteiger partial charge is 0.343 e. The minimum Gasteiger partial charge on any atom is -0.482 e. The molecule has 0 aromatic heterocycles. The Bertz CT molecular complexity index is 527. The van der Waals surface area contributed by atoms with Crippen LogP contribution in [0.2, 0.25) is 0 Å². The third kappa shape index (κ3) is 6.28. The maximum Gasteiger partial charge on any atom is 0.343 e. The molecular formula is C17H24N2O4. The van der Waals surface area contributed by atoms with Crippen molar-refractivity contribution in [1.29, 1.82) is 0 Å². The number of nitrogens with one attached hydrogen (secondary N) is 2. The zero-order chi connectivity index (χ0) is 16.5. The molecule has 0 bridgehead atoms. The van der Waals surface area contributed by atoms with Crippen LogP contribution < -0.4 is 15.4 Å². The van der Waals surface area contributed by atoms with Crippen LogP contribution >= 0.6 is 0 Å². The normalized spacial score (nSPS) is 15.0. The molecule has 23 heavy (non-hydrogen) atoms. The van der Waals surface area contributed by atoms with Gasteiger partial charge in [0.2, 0.25) is 5.91 Å². The van der Waals surface area contributed by atoms with Gasteiger partial charge in [0.05, 0.1) is 7.11 Å². The number of anilines is 1. The summed E-state index contributed by atoms with van der Waals surface area (Å²) in [6.45, 7) is 1.95. The minimum absolute atomic E-state index is 0.00801. The van der Waals surface area contributed by atoms with Gasteiger partial charge in [-0.1, -0.05) is 6.07 Å². The number of methoxy groups -OCH3 is 1. The molecule has 0 atom stereocenters. The summed E-state index contributed by atoms with van der Waals surface area (Å²) in [4.78, 5) is 23.1. The van der Waals surface area contributed by atoms with Crippen molar-refractivity contribution in [3.63, 3.8) is 0 Å². The van der Waals surface area contributed by atoms with Crippen molar-refractivity contribution in [2.75, 3.05) is 32.1 Å². The second-order valence-electron chi connectivity index (χ2n) is 5.67. The van der Waals surface area contributed by atoms with Crippen LogP contribution in [0.1, 0.15) is 25.7 Å². The average molecular weight is 320 g/mol. The molecule has 1 fully saturated rings. The number of hydrogen-bond donors (Lipinski definition) is 2. The monoisotopic (exact) mass is 320 g/mol. The molecule has 1 aliphatic rings. The van der Waals surface area contributed by atoms with Crippen LogP contribution in [-0.2, 0) is 14.3 Å². The number of hydrogen-bond acceptors (Lipinski definition) is 5. The Labute approximate surface area is 136 Å². The predicted octanol–water partition coefficient (Wildman–Crippen LogP) is 1.96. The Kier molecular flexibility index (Phi) is 6.87. The molecule has 0 unspecified atom stereocenters. The van der Waals surface area contributed by atoms with Gasteiger partial charge in [0, 0.05) is 18.2 Å². The predicted molar refractivity (Wildman–Crippen MR) is 87.4 cm³/mol. The third-order valence-electron chi connectivity index (χ3n) is 3.94. The van der Waals surface area contributed by atoms with Crippen LogP contribution in [0.15, 0.2) is 24.3 Å². The van der Waals surface area contributed by atoms with Gasteiger partial charge in [0.15, 0.2) is 6.61 Å². The topological polar surface area (TPSA) is 76.7 Å². The highest BCUT2D eigenvalue weighted by Crippen LogP contribution is 2.20. The number of carbonyl (C=O) groups excluding carboxylic acids is 2. The lowest BCUT2D eigenvalue weighted by molar-refractivity contribution is -0.142. The number of carbonyl (C=O) groups is 2. The van der Waals surface area contributed by atoms with Gasteiger partial charge in [-0.25, -0.2) is 4.79 Å². The van der Waals surface area contributed by atoms with Crippen molar-refractivity contribution in [3.05, 3.63) is 24.3 Å². The van der Waals surface area contributed by atoms with E-state index < -0.39 is 5.97 Å². The summed E-state index contributed by atoms with van der Waals surface area (Å²) in [5.41, 5.74) is 0.669. The molecule has 126 valence electrons. The van der Waals surface area contributed by atoms with E-state index in [0.29, 0.717) is 23.8 Å². The molecule has 1 amide bonds. The molecule has 0 radical (unpaired) electrons. The van der Waals surface area contributed by atoms with E-state index in [1.54, 1.807) is 24.3 Å². The first-order valence-electron chi connectivity index (χ1n) is 7.97. The van der Waals surface area contributed by atoms with Crippen LogP contribution in [0.25, 0.3) is 0 Å². The number of ether oxygens (including phenoxy) is 2. The molecule has 6 heteroatoms. The van der Waals surface area contributed by atoms with Crippen LogP contribution in [0.3, 0.4) is 0 Å². The minimum atomic E-state index is -0.443. The Balaban J connectivity index is 1.77. The number of benzene rings is 1. The second-order valence-corrected chi connectivity index (χ2v) is 5.67. The summed E-state index contributed by atoms with van der Waals surface area (Å²) < 4.78 is 9.82. The largest absolute Gasteiger partial charge is 0.482 e. The number of esters is 1. The highest BCUT2D eigenvalue weighted by molar-refractivity contribution is 5.90. The summed E-state index contributed by atoms with van der Waals surface area (Å²) in [5.74, 6) is 0.721. The van der Waals surface area contributed by atoms with Crippen LogP contribution in [-0.4, -0.2) is 38.7 Å². The lowest BCUT2D eigenvalue weighted by Crippen LogP contribution is -2.28. The fourth-order valence-corrected chi connectivity index (χ4v) is 2.59. The maximum atomic E-state index is 12.0. The molecular weight excluding hydrogens is 296 g/mol. The Morgan fingerprint density at radius 2 is 2.09 bits per heavy atom. The summed E-state index contributed by atoms with van der Waals surface area (Å²) in [6, 6.07) is 7.00. The Morgan fingerprint density at radius 3 is 2.83 bits per heavy atom. The molecule has 1 saturated heterocycles. The fourth-order valence-electron chi connectivity index (χ4n) is 2.59. The van der Waals surface area contributed by atoms with Crippen LogP contribution in [0.4, 0.5) is 5.69 Å². The zero-order valence-corrected chi connectivity index (χ0v) is 13.5. The van der Waals surface area contributed by atoms with Gasteiger partial charge >= 0.3 is 5.97 Å². The molecule has 1 aromatic rings. The quantitative estimate of drug-likeness (QED) is 0.751. The SMILES string of the molecule is COC(=O)COc1cccc(NC(=O)CCC2CCNCC2)c1. The molecule has 6 nitrogen and oxygen atoms in total. The van der Waals surface area contributed by atoms with Crippen LogP contribution in [0, 0.1) is 5.92 Å². The van der Waals surface area contributed by atoms with Gasteiger partial charge in [-0.3, -0.25) is 4.79 Å². The molecule has 1 heterocycles. The standard InChI is InChI=1S/C17H24N2O4/c1-22-17(21)12-23-15-4-2-3-14(11-15)19-16(20)6-5-13-7-9-18-10-8-13/h2-4,11,13,18H,5-10,12H2,1H3,(H,19,20). The molecule has 2 N–H and O–H groups in total. The van der Waals surface area contributed by atoms with E-state index in [4.69, 9.17) is 4.74 Å². The van der Waals surface area contributed by atoms with Crippen molar-refractivity contribution in [3.8, 4) is 5.75 Å². The van der Waals surface area contributed by atoms with E-state index in [2.05, 4.69) is 15.4 Å². The molecule has 1 aliphatic heterocycles. The number of piperidine rings is 1.